The molecule has 0 aliphatic carbocycles. The molecule has 0 radical (unpaired) electrons. The van der Waals surface area contributed by atoms with Gasteiger partial charge in [0.05, 0.1) is 17.9 Å². The van der Waals surface area contributed by atoms with Gasteiger partial charge in [0, 0.05) is 23.3 Å². The summed E-state index contributed by atoms with van der Waals surface area (Å²) in [6.45, 7) is 1.56. The van der Waals surface area contributed by atoms with Gasteiger partial charge >= 0.3 is 0 Å². The molecule has 23 heavy (non-hydrogen) atoms. The van der Waals surface area contributed by atoms with Crippen LogP contribution in [0.4, 0.5) is 0 Å². The number of hydrogen-bond donors (Lipinski definition) is 1. The van der Waals surface area contributed by atoms with E-state index in [0.29, 0.717) is 0 Å². The molecular weight excluding hydrogens is 306 g/mol. The third-order valence-electron chi connectivity index (χ3n) is 3.99. The molecule has 0 fully saturated rings. The first-order chi connectivity index (χ1) is 11.3. The summed E-state index contributed by atoms with van der Waals surface area (Å²) in [6.07, 6.45) is 4.17. The monoisotopic (exact) mass is 321 g/mol. The average Bonchev–Trinajstić information content (AvgIpc) is 3.01. The predicted molar refractivity (Wildman–Crippen MR) is 93.8 cm³/mol. The van der Waals surface area contributed by atoms with Gasteiger partial charge in [-0.05, 0) is 17.7 Å². The molecular formula is C19H16ClN3. The molecule has 0 bridgehead atoms. The van der Waals surface area contributed by atoms with E-state index in [0.717, 1.165) is 46.5 Å². The Morgan fingerprint density at radius 3 is 2.65 bits per heavy atom. The van der Waals surface area contributed by atoms with E-state index >= 15 is 0 Å². The molecule has 1 aromatic heterocycles. The third-order valence-corrected chi connectivity index (χ3v) is 4.36. The van der Waals surface area contributed by atoms with E-state index in [9.17, 15) is 0 Å². The summed E-state index contributed by atoms with van der Waals surface area (Å²) in [6, 6.07) is 18.2. The molecule has 0 unspecified atom stereocenters. The SMILES string of the molecule is Clc1ccccc1CN1C=Cc2[nH]c(-c3ccccc3)nc2C1. The Hall–Kier alpha value is -2.52. The lowest BCUT2D eigenvalue weighted by molar-refractivity contribution is 0.355. The van der Waals surface area contributed by atoms with Crippen molar-refractivity contribution in [1.29, 1.82) is 0 Å². The van der Waals surface area contributed by atoms with Gasteiger partial charge in [-0.2, -0.15) is 0 Å². The Labute approximate surface area is 140 Å². The highest BCUT2D eigenvalue weighted by Crippen LogP contribution is 2.25. The number of H-pyrrole nitrogens is 1. The van der Waals surface area contributed by atoms with Gasteiger partial charge in [0.15, 0.2) is 0 Å². The highest BCUT2D eigenvalue weighted by molar-refractivity contribution is 6.31. The molecule has 3 nitrogen and oxygen atoms in total. The summed E-state index contributed by atoms with van der Waals surface area (Å²) in [5, 5.41) is 0.804. The van der Waals surface area contributed by atoms with E-state index in [4.69, 9.17) is 16.6 Å². The second-order valence-corrected chi connectivity index (χ2v) is 6.03. The molecule has 1 aliphatic heterocycles. The summed E-state index contributed by atoms with van der Waals surface area (Å²) < 4.78 is 0. The number of rotatable bonds is 3. The van der Waals surface area contributed by atoms with Crippen molar-refractivity contribution >= 4 is 17.7 Å². The van der Waals surface area contributed by atoms with Crippen LogP contribution in [0.1, 0.15) is 17.0 Å². The zero-order valence-corrected chi connectivity index (χ0v) is 13.3. The number of hydrogen-bond acceptors (Lipinski definition) is 2. The Kier molecular flexibility index (Phi) is 3.64. The van der Waals surface area contributed by atoms with E-state index in [2.05, 4.69) is 40.4 Å². The quantitative estimate of drug-likeness (QED) is 0.757. The molecule has 1 N–H and O–H groups in total. The van der Waals surface area contributed by atoms with Crippen LogP contribution < -0.4 is 0 Å². The second-order valence-electron chi connectivity index (χ2n) is 5.62. The largest absolute Gasteiger partial charge is 0.367 e. The van der Waals surface area contributed by atoms with E-state index < -0.39 is 0 Å². The predicted octanol–water partition coefficient (Wildman–Crippen LogP) is 4.72. The van der Waals surface area contributed by atoms with E-state index in [-0.39, 0.29) is 0 Å². The van der Waals surface area contributed by atoms with Gasteiger partial charge in [-0.25, -0.2) is 4.98 Å². The Morgan fingerprint density at radius 1 is 1.04 bits per heavy atom. The average molecular weight is 322 g/mol. The van der Waals surface area contributed by atoms with Crippen LogP contribution in [0.3, 0.4) is 0 Å². The fraction of sp³-hybridized carbons (Fsp3) is 0.105. The molecule has 3 aromatic rings. The van der Waals surface area contributed by atoms with E-state index in [1.807, 2.05) is 36.4 Å². The standard InChI is InChI=1S/C19H16ClN3/c20-16-9-5-4-8-15(16)12-23-11-10-17-18(13-23)22-19(21-17)14-6-2-1-3-7-14/h1-11H,12-13H2,(H,21,22). The molecule has 4 rings (SSSR count). The van der Waals surface area contributed by atoms with Crippen LogP contribution in [0.2, 0.25) is 5.02 Å². The highest BCUT2D eigenvalue weighted by Gasteiger charge is 2.16. The van der Waals surface area contributed by atoms with Gasteiger partial charge in [-0.15, -0.1) is 0 Å². The fourth-order valence-electron chi connectivity index (χ4n) is 2.79. The minimum atomic E-state index is 0.778. The Balaban J connectivity index is 1.56. The zero-order valence-electron chi connectivity index (χ0n) is 12.5. The topological polar surface area (TPSA) is 31.9 Å². The van der Waals surface area contributed by atoms with Gasteiger partial charge < -0.3 is 9.88 Å². The second kappa shape index (κ2) is 5.94. The number of aromatic amines is 1. The number of benzene rings is 2. The number of imidazole rings is 1. The maximum atomic E-state index is 6.26. The summed E-state index contributed by atoms with van der Waals surface area (Å²) in [7, 11) is 0. The van der Waals surface area contributed by atoms with Crippen molar-refractivity contribution in [3.63, 3.8) is 0 Å². The number of aromatic nitrogens is 2. The fourth-order valence-corrected chi connectivity index (χ4v) is 2.99. The first-order valence-electron chi connectivity index (χ1n) is 7.59. The summed E-state index contributed by atoms with van der Waals surface area (Å²) in [5.74, 6) is 0.917. The molecule has 2 heterocycles. The maximum Gasteiger partial charge on any atom is 0.138 e. The van der Waals surface area contributed by atoms with E-state index in [1.165, 1.54) is 0 Å². The van der Waals surface area contributed by atoms with Crippen molar-refractivity contribution < 1.29 is 0 Å². The normalized spacial score (nSPS) is 13.2. The van der Waals surface area contributed by atoms with Crippen molar-refractivity contribution in [2.75, 3.05) is 0 Å². The van der Waals surface area contributed by atoms with Gasteiger partial charge in [0.1, 0.15) is 5.82 Å². The summed E-state index contributed by atoms with van der Waals surface area (Å²) in [4.78, 5) is 10.4. The van der Waals surface area contributed by atoms with Crippen LogP contribution in [0.5, 0.6) is 0 Å². The number of halogens is 1. The van der Waals surface area contributed by atoms with Crippen LogP contribution in [0.25, 0.3) is 17.5 Å². The molecule has 1 aliphatic rings. The first-order valence-corrected chi connectivity index (χ1v) is 7.97. The smallest absolute Gasteiger partial charge is 0.138 e. The number of fused-ring (bicyclic) bond motifs is 1. The Bertz CT molecular complexity index is 852. The minimum Gasteiger partial charge on any atom is -0.367 e. The molecule has 0 atom stereocenters. The molecule has 0 spiro atoms. The van der Waals surface area contributed by atoms with Crippen molar-refractivity contribution in [3.05, 3.63) is 82.8 Å². The van der Waals surface area contributed by atoms with Crippen LogP contribution in [-0.2, 0) is 13.1 Å². The Morgan fingerprint density at radius 2 is 1.83 bits per heavy atom. The molecule has 114 valence electrons. The maximum absolute atomic E-state index is 6.26. The highest BCUT2D eigenvalue weighted by atomic mass is 35.5. The minimum absolute atomic E-state index is 0.778. The van der Waals surface area contributed by atoms with Crippen molar-refractivity contribution in [2.24, 2.45) is 0 Å². The zero-order chi connectivity index (χ0) is 15.6. The van der Waals surface area contributed by atoms with Gasteiger partial charge in [-0.1, -0.05) is 60.1 Å². The molecule has 0 saturated heterocycles. The lowest BCUT2D eigenvalue weighted by Crippen LogP contribution is -2.19. The van der Waals surface area contributed by atoms with Crippen LogP contribution in [0.15, 0.2) is 60.8 Å². The van der Waals surface area contributed by atoms with Crippen LogP contribution in [0, 0.1) is 0 Å². The lowest BCUT2D eigenvalue weighted by atomic mass is 10.2. The first kappa shape index (κ1) is 14.1. The van der Waals surface area contributed by atoms with Crippen molar-refractivity contribution in [1.82, 2.24) is 14.9 Å². The van der Waals surface area contributed by atoms with Crippen molar-refractivity contribution in [3.8, 4) is 11.4 Å². The van der Waals surface area contributed by atoms with Crippen molar-refractivity contribution in [2.45, 2.75) is 13.1 Å². The van der Waals surface area contributed by atoms with Gasteiger partial charge in [0.2, 0.25) is 0 Å². The molecule has 0 amide bonds. The molecule has 0 saturated carbocycles. The number of nitrogens with one attached hydrogen (secondary N) is 1. The van der Waals surface area contributed by atoms with Gasteiger partial charge in [-0.3, -0.25) is 0 Å². The third kappa shape index (κ3) is 2.88. The lowest BCUT2D eigenvalue weighted by Gasteiger charge is -2.23. The summed E-state index contributed by atoms with van der Waals surface area (Å²) in [5.41, 5.74) is 4.38. The van der Waals surface area contributed by atoms with Crippen LogP contribution in [-0.4, -0.2) is 14.9 Å². The molecule has 2 aromatic carbocycles. The molecule has 4 heteroatoms. The summed E-state index contributed by atoms with van der Waals surface area (Å²) >= 11 is 6.26. The van der Waals surface area contributed by atoms with E-state index in [1.54, 1.807) is 0 Å². The van der Waals surface area contributed by atoms with Crippen LogP contribution >= 0.6 is 11.6 Å². The van der Waals surface area contributed by atoms with Gasteiger partial charge in [0.25, 0.3) is 0 Å². The number of nitrogens with zero attached hydrogens (tertiary/aromatic N) is 2.